The number of hydrogen-bond acceptors (Lipinski definition) is 2. The van der Waals surface area contributed by atoms with Crippen LogP contribution in [-0.2, 0) is 0 Å². The lowest BCUT2D eigenvalue weighted by Gasteiger charge is -2.26. The van der Waals surface area contributed by atoms with Crippen molar-refractivity contribution in [2.75, 3.05) is 6.54 Å². The molecule has 1 aromatic heterocycles. The molecule has 2 heteroatoms. The lowest BCUT2D eigenvalue weighted by atomic mass is 9.89. The fraction of sp³-hybridized carbons (Fsp3) is 0.438. The van der Waals surface area contributed by atoms with Crippen LogP contribution in [0.3, 0.4) is 0 Å². The lowest BCUT2D eigenvalue weighted by molar-refractivity contribution is 0.375. The van der Waals surface area contributed by atoms with Gasteiger partial charge in [-0.05, 0) is 41.8 Å². The maximum absolute atomic E-state index is 4.29. The third kappa shape index (κ3) is 1.91. The molecule has 1 aromatic carbocycles. The highest BCUT2D eigenvalue weighted by atomic mass is 14.9. The van der Waals surface area contributed by atoms with Crippen LogP contribution in [0.4, 0.5) is 0 Å². The Morgan fingerprint density at radius 3 is 2.89 bits per heavy atom. The Morgan fingerprint density at radius 1 is 1.33 bits per heavy atom. The summed E-state index contributed by atoms with van der Waals surface area (Å²) in [6.45, 7) is 5.58. The molecule has 0 bridgehead atoms. The first-order valence-corrected chi connectivity index (χ1v) is 6.80. The number of hydrogen-bond donors (Lipinski definition) is 1. The van der Waals surface area contributed by atoms with Crippen molar-refractivity contribution in [3.05, 3.63) is 42.2 Å². The van der Waals surface area contributed by atoms with E-state index in [0.717, 1.165) is 6.54 Å². The first-order chi connectivity index (χ1) is 8.74. The summed E-state index contributed by atoms with van der Waals surface area (Å²) in [5.74, 6) is 0. The first kappa shape index (κ1) is 11.7. The highest BCUT2D eigenvalue weighted by Crippen LogP contribution is 2.55. The Labute approximate surface area is 108 Å². The largest absolute Gasteiger partial charge is 0.310 e. The number of benzene rings is 1. The van der Waals surface area contributed by atoms with Crippen molar-refractivity contribution in [3.63, 3.8) is 0 Å². The number of fused-ring (bicyclic) bond motifs is 1. The molecule has 0 spiro atoms. The quantitative estimate of drug-likeness (QED) is 0.881. The monoisotopic (exact) mass is 240 g/mol. The molecule has 1 N–H and O–H groups in total. The van der Waals surface area contributed by atoms with Crippen molar-refractivity contribution in [1.29, 1.82) is 0 Å². The van der Waals surface area contributed by atoms with Gasteiger partial charge >= 0.3 is 0 Å². The van der Waals surface area contributed by atoms with Gasteiger partial charge < -0.3 is 5.32 Å². The van der Waals surface area contributed by atoms with E-state index in [2.05, 4.69) is 48.4 Å². The lowest BCUT2D eigenvalue weighted by Crippen LogP contribution is -2.28. The SMILES string of the molecule is CCNC(c1cccc2ccncc12)C1(C)CC1. The zero-order chi connectivity index (χ0) is 12.6. The normalized spacial score (nSPS) is 18.8. The van der Waals surface area contributed by atoms with E-state index < -0.39 is 0 Å². The number of rotatable bonds is 4. The van der Waals surface area contributed by atoms with E-state index in [1.807, 2.05) is 12.4 Å². The molecule has 1 fully saturated rings. The average molecular weight is 240 g/mol. The Hall–Kier alpha value is -1.41. The van der Waals surface area contributed by atoms with Gasteiger partial charge in [-0.15, -0.1) is 0 Å². The summed E-state index contributed by atoms with van der Waals surface area (Å²) < 4.78 is 0. The minimum atomic E-state index is 0.431. The van der Waals surface area contributed by atoms with Gasteiger partial charge in [-0.1, -0.05) is 32.0 Å². The van der Waals surface area contributed by atoms with Crippen LogP contribution >= 0.6 is 0 Å². The zero-order valence-corrected chi connectivity index (χ0v) is 11.1. The number of nitrogens with zero attached hydrogens (tertiary/aromatic N) is 1. The highest BCUT2D eigenvalue weighted by molar-refractivity contribution is 5.85. The fourth-order valence-electron chi connectivity index (χ4n) is 2.81. The molecular formula is C16H20N2. The van der Waals surface area contributed by atoms with Crippen molar-refractivity contribution in [1.82, 2.24) is 10.3 Å². The van der Waals surface area contributed by atoms with Crippen molar-refractivity contribution in [2.45, 2.75) is 32.7 Å². The summed E-state index contributed by atoms with van der Waals surface area (Å²) in [5, 5.41) is 6.24. The minimum absolute atomic E-state index is 0.431. The van der Waals surface area contributed by atoms with Gasteiger partial charge in [0.1, 0.15) is 0 Å². The van der Waals surface area contributed by atoms with Crippen LogP contribution in [0.2, 0.25) is 0 Å². The molecule has 3 rings (SSSR count). The predicted molar refractivity (Wildman–Crippen MR) is 75.5 cm³/mol. The van der Waals surface area contributed by atoms with Gasteiger partial charge in [-0.25, -0.2) is 0 Å². The standard InChI is InChI=1S/C16H20N2/c1-3-18-15(16(2)8-9-16)13-6-4-5-12-7-10-17-11-14(12)13/h4-7,10-11,15,18H,3,8-9H2,1-2H3. The van der Waals surface area contributed by atoms with Gasteiger partial charge in [0, 0.05) is 23.8 Å². The van der Waals surface area contributed by atoms with E-state index in [-0.39, 0.29) is 0 Å². The van der Waals surface area contributed by atoms with E-state index in [0.29, 0.717) is 11.5 Å². The summed E-state index contributed by atoms with van der Waals surface area (Å²) >= 11 is 0. The van der Waals surface area contributed by atoms with Crippen LogP contribution in [0.25, 0.3) is 10.8 Å². The molecular weight excluding hydrogens is 220 g/mol. The Balaban J connectivity index is 2.11. The van der Waals surface area contributed by atoms with E-state index in [1.54, 1.807) is 0 Å². The van der Waals surface area contributed by atoms with Crippen LogP contribution in [0, 0.1) is 5.41 Å². The van der Waals surface area contributed by atoms with Gasteiger partial charge in [0.15, 0.2) is 0 Å². The second-order valence-electron chi connectivity index (χ2n) is 5.59. The van der Waals surface area contributed by atoms with E-state index in [9.17, 15) is 0 Å². The molecule has 94 valence electrons. The number of aromatic nitrogens is 1. The molecule has 1 aliphatic carbocycles. The molecule has 0 aliphatic heterocycles. The van der Waals surface area contributed by atoms with Crippen LogP contribution in [-0.4, -0.2) is 11.5 Å². The molecule has 2 nitrogen and oxygen atoms in total. The molecule has 0 saturated heterocycles. The van der Waals surface area contributed by atoms with E-state index in [4.69, 9.17) is 0 Å². The van der Waals surface area contributed by atoms with Gasteiger partial charge in [0.2, 0.25) is 0 Å². The molecule has 1 unspecified atom stereocenters. The number of pyridine rings is 1. The van der Waals surface area contributed by atoms with Crippen molar-refractivity contribution >= 4 is 10.8 Å². The van der Waals surface area contributed by atoms with Crippen molar-refractivity contribution in [2.24, 2.45) is 5.41 Å². The Morgan fingerprint density at radius 2 is 2.17 bits per heavy atom. The maximum atomic E-state index is 4.29. The van der Waals surface area contributed by atoms with Gasteiger partial charge in [0.25, 0.3) is 0 Å². The van der Waals surface area contributed by atoms with Gasteiger partial charge in [-0.2, -0.15) is 0 Å². The molecule has 0 amide bonds. The highest BCUT2D eigenvalue weighted by Gasteiger charge is 2.45. The molecule has 1 saturated carbocycles. The van der Waals surface area contributed by atoms with Gasteiger partial charge in [-0.3, -0.25) is 4.98 Å². The average Bonchev–Trinajstić information content (AvgIpc) is 3.14. The summed E-state index contributed by atoms with van der Waals surface area (Å²) in [5.41, 5.74) is 1.84. The topological polar surface area (TPSA) is 24.9 Å². The van der Waals surface area contributed by atoms with Gasteiger partial charge in [0.05, 0.1) is 0 Å². The summed E-state index contributed by atoms with van der Waals surface area (Å²) in [6, 6.07) is 9.13. The van der Waals surface area contributed by atoms with Crippen molar-refractivity contribution in [3.8, 4) is 0 Å². The zero-order valence-electron chi connectivity index (χ0n) is 11.1. The van der Waals surface area contributed by atoms with E-state index >= 15 is 0 Å². The molecule has 1 atom stereocenters. The molecule has 1 aliphatic rings. The third-order valence-electron chi connectivity index (χ3n) is 4.17. The fourth-order valence-corrected chi connectivity index (χ4v) is 2.81. The smallest absolute Gasteiger partial charge is 0.0381 e. The maximum Gasteiger partial charge on any atom is 0.0381 e. The minimum Gasteiger partial charge on any atom is -0.310 e. The third-order valence-corrected chi connectivity index (χ3v) is 4.17. The Kier molecular flexibility index (Phi) is 2.83. The molecule has 0 radical (unpaired) electrons. The summed E-state index contributed by atoms with van der Waals surface area (Å²) in [7, 11) is 0. The van der Waals surface area contributed by atoms with E-state index in [1.165, 1.54) is 29.2 Å². The van der Waals surface area contributed by atoms with Crippen LogP contribution in [0.15, 0.2) is 36.7 Å². The second kappa shape index (κ2) is 4.36. The van der Waals surface area contributed by atoms with Crippen molar-refractivity contribution < 1.29 is 0 Å². The molecule has 1 heterocycles. The van der Waals surface area contributed by atoms with Crippen LogP contribution in [0.1, 0.15) is 38.3 Å². The summed E-state index contributed by atoms with van der Waals surface area (Å²) in [6.07, 6.45) is 6.51. The first-order valence-electron chi connectivity index (χ1n) is 6.80. The Bertz CT molecular complexity index is 553. The second-order valence-corrected chi connectivity index (χ2v) is 5.59. The molecule has 18 heavy (non-hydrogen) atoms. The van der Waals surface area contributed by atoms with Crippen LogP contribution in [0.5, 0.6) is 0 Å². The van der Waals surface area contributed by atoms with Crippen LogP contribution < -0.4 is 5.32 Å². The molecule has 2 aromatic rings. The predicted octanol–water partition coefficient (Wildman–Crippen LogP) is 3.69. The number of nitrogens with one attached hydrogen (secondary N) is 1. The summed E-state index contributed by atoms with van der Waals surface area (Å²) in [4.78, 5) is 4.29.